The average molecular weight is 449 g/mol. The van der Waals surface area contributed by atoms with Crippen molar-refractivity contribution in [3.8, 4) is 0 Å². The van der Waals surface area contributed by atoms with Crippen LogP contribution in [0.3, 0.4) is 0 Å². The molecule has 2 aromatic carbocycles. The monoisotopic (exact) mass is 448 g/mol. The third-order valence-electron chi connectivity index (χ3n) is 4.80. The lowest BCUT2D eigenvalue weighted by molar-refractivity contribution is 0.0937. The molecule has 8 heteroatoms. The van der Waals surface area contributed by atoms with E-state index >= 15 is 0 Å². The van der Waals surface area contributed by atoms with Crippen molar-refractivity contribution < 1.29 is 8.95 Å². The highest BCUT2D eigenvalue weighted by molar-refractivity contribution is 8.00. The zero-order chi connectivity index (χ0) is 20.2. The SMILES string of the molecule is O=c1c2ccc(Cl)cc2nc(SCC[S@@](=O)c2ccccc2)n1C[C@@H]1CCCO1. The van der Waals surface area contributed by atoms with Crippen LogP contribution in [0.2, 0.25) is 5.02 Å². The van der Waals surface area contributed by atoms with Crippen LogP contribution >= 0.6 is 23.4 Å². The van der Waals surface area contributed by atoms with Crippen molar-refractivity contribution in [3.05, 3.63) is 63.9 Å². The number of thioether (sulfide) groups is 1. The smallest absolute Gasteiger partial charge is 0.262 e. The molecule has 0 aliphatic carbocycles. The van der Waals surface area contributed by atoms with Gasteiger partial charge in [-0.2, -0.15) is 0 Å². The zero-order valence-electron chi connectivity index (χ0n) is 15.8. The first-order chi connectivity index (χ1) is 14.1. The van der Waals surface area contributed by atoms with Gasteiger partial charge in [0.2, 0.25) is 0 Å². The Bertz CT molecular complexity index is 1080. The second kappa shape index (κ2) is 9.43. The molecule has 2 heterocycles. The molecule has 0 bridgehead atoms. The molecule has 0 spiro atoms. The van der Waals surface area contributed by atoms with Crippen molar-refractivity contribution in [3.63, 3.8) is 0 Å². The highest BCUT2D eigenvalue weighted by Gasteiger charge is 2.20. The number of aromatic nitrogens is 2. The summed E-state index contributed by atoms with van der Waals surface area (Å²) in [5, 5.41) is 1.71. The molecule has 5 nitrogen and oxygen atoms in total. The number of benzene rings is 2. The van der Waals surface area contributed by atoms with Crippen molar-refractivity contribution in [1.82, 2.24) is 9.55 Å². The maximum atomic E-state index is 13.1. The molecule has 29 heavy (non-hydrogen) atoms. The van der Waals surface area contributed by atoms with Gasteiger partial charge < -0.3 is 4.74 Å². The summed E-state index contributed by atoms with van der Waals surface area (Å²) in [5.41, 5.74) is 0.492. The first-order valence-electron chi connectivity index (χ1n) is 9.50. The van der Waals surface area contributed by atoms with Crippen LogP contribution < -0.4 is 5.56 Å². The summed E-state index contributed by atoms with van der Waals surface area (Å²) in [5.74, 6) is 1.07. The van der Waals surface area contributed by atoms with E-state index in [0.717, 1.165) is 24.3 Å². The van der Waals surface area contributed by atoms with Crippen LogP contribution in [-0.4, -0.2) is 38.0 Å². The largest absolute Gasteiger partial charge is 0.376 e. The van der Waals surface area contributed by atoms with Crippen LogP contribution in [0.1, 0.15) is 12.8 Å². The molecule has 3 aromatic rings. The second-order valence-electron chi connectivity index (χ2n) is 6.82. The Morgan fingerprint density at radius 3 is 2.83 bits per heavy atom. The lowest BCUT2D eigenvalue weighted by Gasteiger charge is -2.16. The Labute approximate surface area is 180 Å². The molecule has 0 amide bonds. The quantitative estimate of drug-likeness (QED) is 0.401. The lowest BCUT2D eigenvalue weighted by atomic mass is 10.2. The Hall–Kier alpha value is -1.67. The van der Waals surface area contributed by atoms with Gasteiger partial charge in [-0.05, 0) is 43.2 Å². The van der Waals surface area contributed by atoms with Gasteiger partial charge in [0.1, 0.15) is 0 Å². The van der Waals surface area contributed by atoms with Gasteiger partial charge in [-0.15, -0.1) is 0 Å². The van der Waals surface area contributed by atoms with Gasteiger partial charge in [0.05, 0.1) is 34.4 Å². The molecular weight excluding hydrogens is 428 g/mol. The number of nitrogens with zero attached hydrogens (tertiary/aromatic N) is 2. The molecule has 0 unspecified atom stereocenters. The summed E-state index contributed by atoms with van der Waals surface area (Å²) in [7, 11) is -1.09. The molecule has 1 aliphatic rings. The minimum absolute atomic E-state index is 0.0250. The van der Waals surface area contributed by atoms with Gasteiger partial charge in [0.25, 0.3) is 5.56 Å². The summed E-state index contributed by atoms with van der Waals surface area (Å²) < 4.78 is 19.9. The summed E-state index contributed by atoms with van der Waals surface area (Å²) in [4.78, 5) is 18.6. The van der Waals surface area contributed by atoms with Crippen LogP contribution in [0.25, 0.3) is 10.9 Å². The normalized spacial score (nSPS) is 17.6. The number of fused-ring (bicyclic) bond motifs is 1. The lowest BCUT2D eigenvalue weighted by Crippen LogP contribution is -2.29. The predicted molar refractivity (Wildman–Crippen MR) is 118 cm³/mol. The van der Waals surface area contributed by atoms with Crippen molar-refractivity contribution in [2.24, 2.45) is 0 Å². The summed E-state index contributed by atoms with van der Waals surface area (Å²) >= 11 is 7.55. The number of rotatable bonds is 7. The summed E-state index contributed by atoms with van der Waals surface area (Å²) in [6.45, 7) is 1.21. The van der Waals surface area contributed by atoms with E-state index in [-0.39, 0.29) is 11.7 Å². The van der Waals surface area contributed by atoms with Gasteiger partial charge in [-0.1, -0.05) is 41.6 Å². The number of hydrogen-bond donors (Lipinski definition) is 0. The van der Waals surface area contributed by atoms with Crippen LogP contribution in [-0.2, 0) is 22.1 Å². The topological polar surface area (TPSA) is 61.2 Å². The van der Waals surface area contributed by atoms with Gasteiger partial charge in [0.15, 0.2) is 5.16 Å². The van der Waals surface area contributed by atoms with E-state index in [0.29, 0.717) is 39.1 Å². The van der Waals surface area contributed by atoms with E-state index < -0.39 is 10.8 Å². The first kappa shape index (κ1) is 20.6. The van der Waals surface area contributed by atoms with E-state index in [1.807, 2.05) is 30.3 Å². The summed E-state index contributed by atoms with van der Waals surface area (Å²) in [6, 6.07) is 14.5. The molecule has 0 N–H and O–H groups in total. The van der Waals surface area contributed by atoms with Gasteiger partial charge in [-0.3, -0.25) is 13.6 Å². The highest BCUT2D eigenvalue weighted by atomic mass is 35.5. The second-order valence-corrected chi connectivity index (χ2v) is 9.89. The third-order valence-corrected chi connectivity index (χ3v) is 7.64. The van der Waals surface area contributed by atoms with Gasteiger partial charge in [0, 0.05) is 28.0 Å². The summed E-state index contributed by atoms with van der Waals surface area (Å²) in [6.07, 6.45) is 1.97. The van der Waals surface area contributed by atoms with Gasteiger partial charge >= 0.3 is 0 Å². The van der Waals surface area contributed by atoms with Crippen LogP contribution in [0.4, 0.5) is 0 Å². The van der Waals surface area contributed by atoms with Crippen molar-refractivity contribution in [2.45, 2.75) is 35.5 Å². The zero-order valence-corrected chi connectivity index (χ0v) is 18.1. The van der Waals surface area contributed by atoms with E-state index in [1.54, 1.807) is 22.8 Å². The molecule has 2 atom stereocenters. The molecule has 1 aromatic heterocycles. The number of hydrogen-bond acceptors (Lipinski definition) is 5. The number of halogens is 1. The van der Waals surface area contributed by atoms with Crippen LogP contribution in [0.15, 0.2) is 63.4 Å². The fourth-order valence-electron chi connectivity index (χ4n) is 3.34. The maximum Gasteiger partial charge on any atom is 0.262 e. The molecule has 0 radical (unpaired) electrons. The van der Waals surface area contributed by atoms with Crippen molar-refractivity contribution in [2.75, 3.05) is 18.1 Å². The minimum atomic E-state index is -1.09. The maximum absolute atomic E-state index is 13.1. The molecule has 4 rings (SSSR count). The van der Waals surface area contributed by atoms with Crippen LogP contribution in [0, 0.1) is 0 Å². The third kappa shape index (κ3) is 4.91. The first-order valence-corrected chi connectivity index (χ1v) is 12.2. The number of ether oxygens (including phenoxy) is 1. The fourth-order valence-corrected chi connectivity index (χ4v) is 5.80. The molecule has 1 saturated heterocycles. The molecule has 1 fully saturated rings. The predicted octanol–water partition coefficient (Wildman–Crippen LogP) is 4.13. The standard InChI is InChI=1S/C21H21ClN2O3S2/c22-15-8-9-18-19(13-15)23-21(24(20(18)25)14-16-5-4-10-27-16)28-11-12-29(26)17-6-2-1-3-7-17/h1-3,6-9,13,16H,4-5,10-12,14H2/t16-,29+/m0/s1. The van der Waals surface area contributed by atoms with Crippen molar-refractivity contribution >= 4 is 45.1 Å². The minimum Gasteiger partial charge on any atom is -0.376 e. The molecular formula is C21H21ClN2O3S2. The van der Waals surface area contributed by atoms with E-state index in [9.17, 15) is 9.00 Å². The highest BCUT2D eigenvalue weighted by Crippen LogP contribution is 2.23. The van der Waals surface area contributed by atoms with E-state index in [2.05, 4.69) is 0 Å². The average Bonchev–Trinajstić information content (AvgIpc) is 3.24. The Balaban J connectivity index is 1.58. The van der Waals surface area contributed by atoms with Gasteiger partial charge in [-0.25, -0.2) is 4.98 Å². The van der Waals surface area contributed by atoms with Crippen molar-refractivity contribution in [1.29, 1.82) is 0 Å². The fraction of sp³-hybridized carbons (Fsp3) is 0.333. The Morgan fingerprint density at radius 2 is 2.07 bits per heavy atom. The van der Waals surface area contributed by atoms with E-state index in [4.69, 9.17) is 21.3 Å². The van der Waals surface area contributed by atoms with Crippen LogP contribution in [0.5, 0.6) is 0 Å². The molecule has 1 aliphatic heterocycles. The molecule has 0 saturated carbocycles. The Morgan fingerprint density at radius 1 is 1.24 bits per heavy atom. The van der Waals surface area contributed by atoms with E-state index in [1.165, 1.54) is 11.8 Å². The molecule has 152 valence electrons. The Kier molecular flexibility index (Phi) is 6.70.